The molecule has 1 saturated heterocycles. The van der Waals surface area contributed by atoms with Crippen molar-refractivity contribution in [1.82, 2.24) is 4.83 Å². The Labute approximate surface area is 107 Å². The van der Waals surface area contributed by atoms with Crippen molar-refractivity contribution < 1.29 is 12.0 Å². The zero-order valence-electron chi connectivity index (χ0n) is 8.20. The maximum atomic E-state index is 5.63. The molecule has 0 atom stereocenters. The van der Waals surface area contributed by atoms with Gasteiger partial charge in [-0.2, -0.15) is 5.10 Å². The van der Waals surface area contributed by atoms with Gasteiger partial charge < -0.3 is 9.47 Å². The van der Waals surface area contributed by atoms with Crippen LogP contribution in [0.25, 0.3) is 0 Å². The van der Waals surface area contributed by atoms with Crippen LogP contribution in [0.4, 0.5) is 0 Å². The topological polar surface area (TPSA) is 52.1 Å². The first-order chi connectivity index (χ1) is 7.35. The van der Waals surface area contributed by atoms with E-state index in [0.717, 1.165) is 56.8 Å². The molecule has 0 bridgehead atoms. The number of hydrazone groups is 1. The summed E-state index contributed by atoms with van der Waals surface area (Å²) in [5, 5.41) is 4.22. The van der Waals surface area contributed by atoms with E-state index >= 15 is 0 Å². The van der Waals surface area contributed by atoms with Gasteiger partial charge in [-0.3, -0.25) is 0 Å². The molecule has 0 aromatic rings. The Balaban J connectivity index is 1.78. The Morgan fingerprint density at radius 1 is 1.33 bits per heavy atom. The van der Waals surface area contributed by atoms with Crippen molar-refractivity contribution in [3.8, 4) is 0 Å². The lowest BCUT2D eigenvalue weighted by molar-refractivity contribution is -0.167. The normalized spacial score (nSPS) is 24.5. The van der Waals surface area contributed by atoms with Gasteiger partial charge in [-0.15, -0.1) is 0 Å². The lowest BCUT2D eigenvalue weighted by Gasteiger charge is -2.31. The van der Waals surface area contributed by atoms with Crippen molar-refractivity contribution in [1.29, 1.82) is 0 Å². The van der Waals surface area contributed by atoms with Crippen molar-refractivity contribution in [2.75, 3.05) is 13.2 Å². The quantitative estimate of drug-likeness (QED) is 0.280. The van der Waals surface area contributed by atoms with E-state index < -0.39 is 0 Å². The van der Waals surface area contributed by atoms with E-state index in [1.165, 1.54) is 0 Å². The van der Waals surface area contributed by atoms with Gasteiger partial charge in [0, 0.05) is 18.6 Å². The molecule has 0 amide bonds. The first kappa shape index (κ1) is 11.9. The Hall–Kier alpha value is 0.430. The Bertz CT molecular complexity index is 234. The first-order valence-corrected chi connectivity index (χ1v) is 6.49. The summed E-state index contributed by atoms with van der Waals surface area (Å²) in [7, 11) is 0. The molecule has 0 aromatic heterocycles. The molecule has 2 rings (SSSR count). The Morgan fingerprint density at radius 3 is 2.60 bits per heavy atom. The van der Waals surface area contributed by atoms with Crippen LogP contribution in [0.3, 0.4) is 0 Å². The van der Waals surface area contributed by atoms with E-state index in [9.17, 15) is 0 Å². The standard InChI is InChI=1S/C8H13IN2O3S/c9-14-15-11-10-7-1-3-8(4-2-7)12-5-6-13-8/h11H,1-6H2. The van der Waals surface area contributed by atoms with E-state index in [0.29, 0.717) is 0 Å². The number of nitrogens with one attached hydrogen (secondary N) is 1. The average Bonchev–Trinajstić information content (AvgIpc) is 2.71. The van der Waals surface area contributed by atoms with Crippen LogP contribution in [0, 0.1) is 0 Å². The summed E-state index contributed by atoms with van der Waals surface area (Å²) in [6, 6.07) is 0. The summed E-state index contributed by atoms with van der Waals surface area (Å²) in [6.07, 6.45) is 3.66. The third kappa shape index (κ3) is 3.19. The van der Waals surface area contributed by atoms with Gasteiger partial charge in [0.25, 0.3) is 0 Å². The third-order valence-corrected chi connectivity index (χ3v) is 3.44. The molecular weight excluding hydrogens is 331 g/mol. The highest BCUT2D eigenvalue weighted by atomic mass is 127. The third-order valence-electron chi connectivity index (χ3n) is 2.68. The van der Waals surface area contributed by atoms with Crippen LogP contribution in [0.2, 0.25) is 0 Å². The molecule has 15 heavy (non-hydrogen) atoms. The van der Waals surface area contributed by atoms with Gasteiger partial charge in [0.2, 0.25) is 0 Å². The van der Waals surface area contributed by atoms with Crippen molar-refractivity contribution >= 4 is 40.9 Å². The van der Waals surface area contributed by atoms with Gasteiger partial charge in [-0.05, 0) is 12.8 Å². The predicted octanol–water partition coefficient (Wildman–Crippen LogP) is 2.18. The molecule has 2 aliphatic rings. The SMILES string of the molecule is IOSNN=C1CCC2(CC1)OCCO2. The Morgan fingerprint density at radius 2 is 2.00 bits per heavy atom. The van der Waals surface area contributed by atoms with E-state index in [4.69, 9.17) is 12.0 Å². The predicted molar refractivity (Wildman–Crippen MR) is 66.4 cm³/mol. The first-order valence-electron chi connectivity index (χ1n) is 4.87. The highest BCUT2D eigenvalue weighted by Gasteiger charge is 2.39. The summed E-state index contributed by atoms with van der Waals surface area (Å²) >= 11 is 2.91. The van der Waals surface area contributed by atoms with Gasteiger partial charge in [0.05, 0.1) is 13.2 Å². The second-order valence-electron chi connectivity index (χ2n) is 3.52. The summed E-state index contributed by atoms with van der Waals surface area (Å²) in [5.41, 5.74) is 1.15. The van der Waals surface area contributed by atoms with Gasteiger partial charge in [-0.1, -0.05) is 0 Å². The van der Waals surface area contributed by atoms with Gasteiger partial charge >= 0.3 is 0 Å². The molecule has 0 unspecified atom stereocenters. The molecule has 1 aliphatic carbocycles. The second kappa shape index (κ2) is 5.67. The molecule has 1 spiro atoms. The molecule has 1 N–H and O–H groups in total. The zero-order valence-corrected chi connectivity index (χ0v) is 11.2. The molecule has 7 heteroatoms. The molecule has 1 heterocycles. The molecule has 5 nitrogen and oxygen atoms in total. The number of rotatable bonds is 3. The fourth-order valence-corrected chi connectivity index (χ4v) is 2.35. The molecule has 86 valence electrons. The zero-order chi connectivity index (χ0) is 10.6. The van der Waals surface area contributed by atoms with Crippen LogP contribution in [0.15, 0.2) is 5.10 Å². The minimum Gasteiger partial charge on any atom is -0.348 e. The maximum Gasteiger partial charge on any atom is 0.169 e. The molecule has 2 fully saturated rings. The number of hydrogen-bond acceptors (Lipinski definition) is 6. The molecule has 0 radical (unpaired) electrons. The van der Waals surface area contributed by atoms with E-state index in [2.05, 4.69) is 9.93 Å². The molecule has 1 aliphatic heterocycles. The number of halogens is 1. The molecule has 1 saturated carbocycles. The highest BCUT2D eigenvalue weighted by Crippen LogP contribution is 2.34. The van der Waals surface area contributed by atoms with Crippen LogP contribution in [0.1, 0.15) is 25.7 Å². The van der Waals surface area contributed by atoms with Gasteiger partial charge in [0.1, 0.15) is 35.2 Å². The number of nitrogens with zero attached hydrogens (tertiary/aromatic N) is 1. The van der Waals surface area contributed by atoms with Crippen LogP contribution < -0.4 is 4.83 Å². The maximum absolute atomic E-state index is 5.63. The van der Waals surface area contributed by atoms with Gasteiger partial charge in [0.15, 0.2) is 5.79 Å². The lowest BCUT2D eigenvalue weighted by Crippen LogP contribution is -2.35. The minimum atomic E-state index is -0.300. The summed E-state index contributed by atoms with van der Waals surface area (Å²) in [5.74, 6) is -0.300. The monoisotopic (exact) mass is 344 g/mol. The molecule has 0 aromatic carbocycles. The smallest absolute Gasteiger partial charge is 0.169 e. The summed E-state index contributed by atoms with van der Waals surface area (Å²) in [6.45, 7) is 1.45. The van der Waals surface area contributed by atoms with Crippen molar-refractivity contribution in [2.45, 2.75) is 31.5 Å². The van der Waals surface area contributed by atoms with Crippen molar-refractivity contribution in [3.05, 3.63) is 0 Å². The Kier molecular flexibility index (Phi) is 4.50. The number of hydrogen-bond donors (Lipinski definition) is 1. The van der Waals surface area contributed by atoms with Crippen molar-refractivity contribution in [3.63, 3.8) is 0 Å². The van der Waals surface area contributed by atoms with E-state index in [1.54, 1.807) is 23.0 Å². The summed E-state index contributed by atoms with van der Waals surface area (Å²) < 4.78 is 16.0. The van der Waals surface area contributed by atoms with Crippen LogP contribution in [-0.2, 0) is 12.0 Å². The van der Waals surface area contributed by atoms with E-state index in [1.807, 2.05) is 0 Å². The van der Waals surface area contributed by atoms with Crippen LogP contribution >= 0.6 is 35.2 Å². The minimum absolute atomic E-state index is 0.300. The fourth-order valence-electron chi connectivity index (χ4n) is 1.91. The van der Waals surface area contributed by atoms with Gasteiger partial charge in [-0.25, -0.2) is 7.34 Å². The van der Waals surface area contributed by atoms with Crippen molar-refractivity contribution in [2.24, 2.45) is 5.10 Å². The lowest BCUT2D eigenvalue weighted by atomic mass is 9.92. The van der Waals surface area contributed by atoms with E-state index in [-0.39, 0.29) is 5.79 Å². The second-order valence-corrected chi connectivity index (χ2v) is 5.08. The number of ether oxygens (including phenoxy) is 2. The largest absolute Gasteiger partial charge is 0.348 e. The fraction of sp³-hybridized carbons (Fsp3) is 0.875. The van der Waals surface area contributed by atoms with Crippen LogP contribution in [0.5, 0.6) is 0 Å². The average molecular weight is 344 g/mol. The highest BCUT2D eigenvalue weighted by molar-refractivity contribution is 14.1. The molecular formula is C8H13IN2O3S. The van der Waals surface area contributed by atoms with Crippen LogP contribution in [-0.4, -0.2) is 24.7 Å². The summed E-state index contributed by atoms with van der Waals surface area (Å²) in [4.78, 5) is 2.78.